The average Bonchev–Trinajstić information content (AvgIpc) is 2.24. The van der Waals surface area contributed by atoms with Gasteiger partial charge in [-0.05, 0) is 39.0 Å². The predicted molar refractivity (Wildman–Crippen MR) is 79.7 cm³/mol. The Kier molecular flexibility index (Phi) is 5.25. The third-order valence-corrected chi connectivity index (χ3v) is 2.45. The molecule has 0 aliphatic heterocycles. The van der Waals surface area contributed by atoms with Gasteiger partial charge in [-0.15, -0.1) is 0 Å². The SMILES string of the molecule is CC(C)(C)OC(=O)NCC#Cc1ccc(Br)cc1N. The first-order chi connectivity index (χ1) is 8.78. The number of nitrogen functional groups attached to an aromatic ring is 1. The number of anilines is 1. The Balaban J connectivity index is 2.50. The summed E-state index contributed by atoms with van der Waals surface area (Å²) in [5, 5.41) is 2.56. The maximum Gasteiger partial charge on any atom is 0.408 e. The van der Waals surface area contributed by atoms with Crippen LogP contribution in [-0.4, -0.2) is 18.2 Å². The van der Waals surface area contributed by atoms with Crippen LogP contribution in [0.15, 0.2) is 22.7 Å². The molecule has 5 heteroatoms. The van der Waals surface area contributed by atoms with Crippen molar-refractivity contribution in [2.75, 3.05) is 12.3 Å². The first kappa shape index (κ1) is 15.4. The van der Waals surface area contributed by atoms with E-state index in [-0.39, 0.29) is 6.54 Å². The van der Waals surface area contributed by atoms with E-state index in [2.05, 4.69) is 33.1 Å². The second kappa shape index (κ2) is 6.48. The number of nitrogens with two attached hydrogens (primary N) is 1. The van der Waals surface area contributed by atoms with Gasteiger partial charge < -0.3 is 15.8 Å². The van der Waals surface area contributed by atoms with Crippen molar-refractivity contribution in [2.24, 2.45) is 0 Å². The molecule has 0 unspecified atom stereocenters. The Morgan fingerprint density at radius 1 is 1.47 bits per heavy atom. The molecule has 1 amide bonds. The third-order valence-electron chi connectivity index (χ3n) is 1.96. The van der Waals surface area contributed by atoms with E-state index in [0.717, 1.165) is 10.0 Å². The number of carbonyl (C=O) groups is 1. The molecule has 19 heavy (non-hydrogen) atoms. The fourth-order valence-corrected chi connectivity index (χ4v) is 1.60. The molecular weight excluding hydrogens is 308 g/mol. The fourth-order valence-electron chi connectivity index (χ4n) is 1.22. The molecule has 1 rings (SSSR count). The number of hydrogen-bond donors (Lipinski definition) is 2. The van der Waals surface area contributed by atoms with Crippen molar-refractivity contribution in [3.8, 4) is 11.8 Å². The summed E-state index contributed by atoms with van der Waals surface area (Å²) < 4.78 is 5.99. The number of nitrogens with one attached hydrogen (secondary N) is 1. The molecule has 4 nitrogen and oxygen atoms in total. The predicted octanol–water partition coefficient (Wildman–Crippen LogP) is 2.91. The molecule has 102 valence electrons. The molecule has 0 radical (unpaired) electrons. The van der Waals surface area contributed by atoms with Gasteiger partial charge in [-0.2, -0.15) is 0 Å². The number of carbonyl (C=O) groups excluding carboxylic acids is 1. The summed E-state index contributed by atoms with van der Waals surface area (Å²) in [6.45, 7) is 5.63. The molecule has 0 atom stereocenters. The Morgan fingerprint density at radius 3 is 2.74 bits per heavy atom. The molecule has 1 aromatic rings. The van der Waals surface area contributed by atoms with Gasteiger partial charge >= 0.3 is 6.09 Å². The lowest BCUT2D eigenvalue weighted by atomic mass is 10.2. The van der Waals surface area contributed by atoms with Crippen LogP contribution >= 0.6 is 15.9 Å². The van der Waals surface area contributed by atoms with Gasteiger partial charge in [0.15, 0.2) is 0 Å². The summed E-state index contributed by atoms with van der Waals surface area (Å²) in [4.78, 5) is 11.3. The molecule has 3 N–H and O–H groups in total. The Morgan fingerprint density at radius 2 is 2.16 bits per heavy atom. The summed E-state index contributed by atoms with van der Waals surface area (Å²) in [5.74, 6) is 5.71. The minimum absolute atomic E-state index is 0.213. The average molecular weight is 325 g/mol. The maximum atomic E-state index is 11.3. The van der Waals surface area contributed by atoms with Crippen molar-refractivity contribution >= 4 is 27.7 Å². The summed E-state index contributed by atoms with van der Waals surface area (Å²) in [6, 6.07) is 5.47. The highest BCUT2D eigenvalue weighted by molar-refractivity contribution is 9.10. The van der Waals surface area contributed by atoms with Gasteiger partial charge in [0, 0.05) is 15.7 Å². The molecule has 0 spiro atoms. The van der Waals surface area contributed by atoms with Crippen LogP contribution in [0.4, 0.5) is 10.5 Å². The summed E-state index contributed by atoms with van der Waals surface area (Å²) in [7, 11) is 0. The first-order valence-corrected chi connectivity index (χ1v) is 6.58. The number of ether oxygens (including phenoxy) is 1. The van der Waals surface area contributed by atoms with Gasteiger partial charge in [-0.25, -0.2) is 4.79 Å². The lowest BCUT2D eigenvalue weighted by Gasteiger charge is -2.19. The summed E-state index contributed by atoms with van der Waals surface area (Å²) in [5.41, 5.74) is 6.62. The standard InChI is InChI=1S/C14H17BrN2O2/c1-14(2,3)19-13(18)17-8-4-5-10-6-7-11(15)9-12(10)16/h6-7,9H,8,16H2,1-3H3,(H,17,18). The van der Waals surface area contributed by atoms with Crippen molar-refractivity contribution in [2.45, 2.75) is 26.4 Å². The van der Waals surface area contributed by atoms with Crippen LogP contribution in [0.3, 0.4) is 0 Å². The Hall–Kier alpha value is -1.67. The number of amides is 1. The van der Waals surface area contributed by atoms with E-state index in [1.54, 1.807) is 26.8 Å². The fraction of sp³-hybridized carbons (Fsp3) is 0.357. The lowest BCUT2D eigenvalue weighted by molar-refractivity contribution is 0.0535. The van der Waals surface area contributed by atoms with Gasteiger partial charge in [-0.1, -0.05) is 27.8 Å². The van der Waals surface area contributed by atoms with Crippen LogP contribution in [0.25, 0.3) is 0 Å². The molecule has 0 saturated carbocycles. The molecule has 0 fully saturated rings. The van der Waals surface area contributed by atoms with E-state index in [0.29, 0.717) is 5.69 Å². The maximum absolute atomic E-state index is 11.3. The highest BCUT2D eigenvalue weighted by atomic mass is 79.9. The number of rotatable bonds is 1. The van der Waals surface area contributed by atoms with Crippen LogP contribution < -0.4 is 11.1 Å². The van der Waals surface area contributed by atoms with E-state index >= 15 is 0 Å². The smallest absolute Gasteiger partial charge is 0.408 e. The largest absolute Gasteiger partial charge is 0.444 e. The number of benzene rings is 1. The second-order valence-electron chi connectivity index (χ2n) is 4.89. The molecule has 0 heterocycles. The van der Waals surface area contributed by atoms with Crippen molar-refractivity contribution < 1.29 is 9.53 Å². The van der Waals surface area contributed by atoms with Crippen LogP contribution in [0.2, 0.25) is 0 Å². The molecule has 0 aliphatic rings. The molecule has 0 bridgehead atoms. The zero-order chi connectivity index (χ0) is 14.5. The highest BCUT2D eigenvalue weighted by Crippen LogP contribution is 2.17. The van der Waals surface area contributed by atoms with E-state index in [4.69, 9.17) is 10.5 Å². The molecule has 0 saturated heterocycles. The lowest BCUT2D eigenvalue weighted by Crippen LogP contribution is -2.32. The van der Waals surface area contributed by atoms with Crippen molar-refractivity contribution in [3.63, 3.8) is 0 Å². The van der Waals surface area contributed by atoms with Gasteiger partial charge in [0.25, 0.3) is 0 Å². The quantitative estimate of drug-likeness (QED) is 0.616. The monoisotopic (exact) mass is 324 g/mol. The van der Waals surface area contributed by atoms with Gasteiger partial charge in [0.2, 0.25) is 0 Å². The van der Waals surface area contributed by atoms with E-state index in [9.17, 15) is 4.79 Å². The van der Waals surface area contributed by atoms with E-state index < -0.39 is 11.7 Å². The van der Waals surface area contributed by atoms with E-state index in [1.807, 2.05) is 12.1 Å². The number of halogens is 1. The first-order valence-electron chi connectivity index (χ1n) is 5.79. The minimum atomic E-state index is -0.506. The summed E-state index contributed by atoms with van der Waals surface area (Å²) in [6.07, 6.45) is -0.481. The van der Waals surface area contributed by atoms with Gasteiger partial charge in [0.1, 0.15) is 5.60 Å². The summed E-state index contributed by atoms with van der Waals surface area (Å²) >= 11 is 3.32. The van der Waals surface area contributed by atoms with Gasteiger partial charge in [0.05, 0.1) is 6.54 Å². The van der Waals surface area contributed by atoms with E-state index in [1.165, 1.54) is 0 Å². The van der Waals surface area contributed by atoms with Crippen LogP contribution in [-0.2, 0) is 4.74 Å². The van der Waals surface area contributed by atoms with Crippen molar-refractivity contribution in [1.82, 2.24) is 5.32 Å². The van der Waals surface area contributed by atoms with Crippen LogP contribution in [0.1, 0.15) is 26.3 Å². The zero-order valence-electron chi connectivity index (χ0n) is 11.2. The van der Waals surface area contributed by atoms with Crippen LogP contribution in [0.5, 0.6) is 0 Å². The molecular formula is C14H17BrN2O2. The molecule has 0 aromatic heterocycles. The second-order valence-corrected chi connectivity index (χ2v) is 5.80. The molecule has 0 aliphatic carbocycles. The Labute approximate surface area is 121 Å². The number of alkyl carbamates (subject to hydrolysis) is 1. The zero-order valence-corrected chi connectivity index (χ0v) is 12.8. The normalized spacial score (nSPS) is 10.3. The number of hydrogen-bond acceptors (Lipinski definition) is 3. The highest BCUT2D eigenvalue weighted by Gasteiger charge is 2.14. The van der Waals surface area contributed by atoms with Crippen molar-refractivity contribution in [3.05, 3.63) is 28.2 Å². The Bertz CT molecular complexity index is 524. The van der Waals surface area contributed by atoms with Crippen molar-refractivity contribution in [1.29, 1.82) is 0 Å². The topological polar surface area (TPSA) is 64.3 Å². The van der Waals surface area contributed by atoms with Gasteiger partial charge in [-0.3, -0.25) is 0 Å². The molecule has 1 aromatic carbocycles. The minimum Gasteiger partial charge on any atom is -0.444 e. The van der Waals surface area contributed by atoms with Crippen LogP contribution in [0, 0.1) is 11.8 Å². The third kappa shape index (κ3) is 6.16.